The molecule has 0 spiro atoms. The topological polar surface area (TPSA) is 186 Å². The molecule has 0 aromatic carbocycles. The zero-order valence-corrected chi connectivity index (χ0v) is 29.6. The Morgan fingerprint density at radius 3 is 0.868 bits per heavy atom. The SMILES string of the molecule is O=P([O-])([O-])C(CCCCCCCCCCCCCCCCCCCCCCC(=NO)P(=O)(O)O)=NO.[Na+].[Na+]. The van der Waals surface area contributed by atoms with E-state index in [0.717, 1.165) is 38.5 Å². The van der Waals surface area contributed by atoms with Gasteiger partial charge in [0.1, 0.15) is 0 Å². The summed E-state index contributed by atoms with van der Waals surface area (Å²) >= 11 is 0. The fourth-order valence-corrected chi connectivity index (χ4v) is 5.35. The molecule has 0 bridgehead atoms. The Balaban J connectivity index is -0.00000612. The molecule has 0 aromatic rings. The Hall–Kier alpha value is 1.24. The molecule has 0 fully saturated rings. The van der Waals surface area contributed by atoms with Crippen LogP contribution in [0.4, 0.5) is 0 Å². The molecule has 14 heteroatoms. The van der Waals surface area contributed by atoms with Crippen molar-refractivity contribution in [1.82, 2.24) is 0 Å². The van der Waals surface area contributed by atoms with Gasteiger partial charge in [0, 0.05) is 6.42 Å². The van der Waals surface area contributed by atoms with Crippen molar-refractivity contribution in [2.45, 2.75) is 141 Å². The summed E-state index contributed by atoms with van der Waals surface area (Å²) in [5.41, 5.74) is -1.06. The van der Waals surface area contributed by atoms with Crippen LogP contribution < -0.4 is 68.9 Å². The maximum absolute atomic E-state index is 11.0. The minimum absolute atomic E-state index is 0. The van der Waals surface area contributed by atoms with Crippen LogP contribution in [0, 0.1) is 0 Å². The third kappa shape index (κ3) is 27.4. The zero-order valence-electron chi connectivity index (χ0n) is 23.8. The number of oxime groups is 2. The standard InChI is InChI=1S/C24H50N2O8P2.2Na/c27-25-23(35(29,30)31)21-19-17-15-13-11-9-7-5-3-1-2-4-6-8-10-12-14-16-18-20-22-24(26-28)36(32,33)34;;/h27-28H,1-22H2,(H2,29,30,31)(H2,32,33,34);;/q;2*+1/p-2. The van der Waals surface area contributed by atoms with Gasteiger partial charge in [-0.3, -0.25) is 4.57 Å². The Morgan fingerprint density at radius 2 is 0.684 bits per heavy atom. The molecule has 0 unspecified atom stereocenters. The number of hydrogen-bond donors (Lipinski definition) is 4. The van der Waals surface area contributed by atoms with Crippen LogP contribution in [-0.4, -0.2) is 31.1 Å². The molecule has 0 aromatic heterocycles. The Kier molecular flexibility index (Phi) is 32.6. The second kappa shape index (κ2) is 28.4. The van der Waals surface area contributed by atoms with Crippen LogP contribution in [0.3, 0.4) is 0 Å². The molecule has 0 amide bonds. The first kappa shape index (κ1) is 43.7. The molecule has 0 radical (unpaired) electrons. The fraction of sp³-hybridized carbons (Fsp3) is 0.917. The van der Waals surface area contributed by atoms with E-state index in [9.17, 15) is 18.9 Å². The predicted molar refractivity (Wildman–Crippen MR) is 140 cm³/mol. The molecule has 10 nitrogen and oxygen atoms in total. The average Bonchev–Trinajstić information content (AvgIpc) is 2.80. The summed E-state index contributed by atoms with van der Waals surface area (Å²) in [5, 5.41) is 22.5. The molecule has 0 aliphatic carbocycles. The van der Waals surface area contributed by atoms with Gasteiger partial charge in [0.2, 0.25) is 0 Å². The van der Waals surface area contributed by atoms with Gasteiger partial charge in [0.15, 0.2) is 5.45 Å². The smallest absolute Gasteiger partial charge is 0.806 e. The molecular weight excluding hydrogens is 552 g/mol. The molecule has 0 rings (SSSR count). The van der Waals surface area contributed by atoms with E-state index in [1.165, 1.54) is 77.0 Å². The minimum Gasteiger partial charge on any atom is -0.806 e. The van der Waals surface area contributed by atoms with E-state index in [-0.39, 0.29) is 72.0 Å². The third-order valence-corrected chi connectivity index (χ3v) is 8.36. The van der Waals surface area contributed by atoms with Crippen LogP contribution in [0.5, 0.6) is 0 Å². The van der Waals surface area contributed by atoms with Crippen molar-refractivity contribution in [3.63, 3.8) is 0 Å². The third-order valence-electron chi connectivity index (χ3n) is 6.43. The van der Waals surface area contributed by atoms with E-state index >= 15 is 0 Å². The molecule has 0 saturated carbocycles. The molecule has 0 heterocycles. The van der Waals surface area contributed by atoms with E-state index in [1.54, 1.807) is 0 Å². The fourth-order valence-electron chi connectivity index (χ4n) is 4.24. The largest absolute Gasteiger partial charge is 1.00 e. The summed E-state index contributed by atoms with van der Waals surface area (Å²) < 4.78 is 21.8. The second-order valence-electron chi connectivity index (χ2n) is 9.65. The van der Waals surface area contributed by atoms with E-state index in [1.807, 2.05) is 0 Å². The summed E-state index contributed by atoms with van der Waals surface area (Å²) in [6, 6.07) is 0. The van der Waals surface area contributed by atoms with Crippen molar-refractivity contribution < 1.29 is 98.2 Å². The van der Waals surface area contributed by atoms with Crippen LogP contribution >= 0.6 is 15.2 Å². The summed E-state index contributed by atoms with van der Waals surface area (Å²) in [5.74, 6) is 0. The summed E-state index contributed by atoms with van der Waals surface area (Å²) in [6.45, 7) is 0. The van der Waals surface area contributed by atoms with E-state index in [0.29, 0.717) is 12.8 Å². The quantitative estimate of drug-likeness (QED) is 0.0287. The monoisotopic (exact) mass is 600 g/mol. The van der Waals surface area contributed by atoms with Crippen LogP contribution in [0.15, 0.2) is 10.3 Å². The van der Waals surface area contributed by atoms with E-state index in [4.69, 9.17) is 20.2 Å². The molecule has 38 heavy (non-hydrogen) atoms. The summed E-state index contributed by atoms with van der Waals surface area (Å²) in [7, 11) is -9.31. The van der Waals surface area contributed by atoms with Crippen LogP contribution in [0.1, 0.15) is 141 Å². The zero-order chi connectivity index (χ0) is 27.1. The first-order valence-corrected chi connectivity index (χ1v) is 16.8. The van der Waals surface area contributed by atoms with Crippen LogP contribution in [0.2, 0.25) is 0 Å². The molecule has 0 saturated heterocycles. The number of unbranched alkanes of at least 4 members (excludes halogenated alkanes) is 19. The summed E-state index contributed by atoms with van der Waals surface area (Å²) in [4.78, 5) is 39.5. The predicted octanol–water partition coefficient (Wildman–Crippen LogP) is 0.243. The van der Waals surface area contributed by atoms with E-state index in [2.05, 4.69) is 10.3 Å². The van der Waals surface area contributed by atoms with Gasteiger partial charge in [-0.15, -0.1) is 0 Å². The molecule has 214 valence electrons. The maximum Gasteiger partial charge on any atom is 1.00 e. The number of hydrogen-bond acceptors (Lipinski definition) is 8. The van der Waals surface area contributed by atoms with Crippen molar-refractivity contribution in [3.05, 3.63) is 0 Å². The van der Waals surface area contributed by atoms with Gasteiger partial charge in [-0.25, -0.2) is 0 Å². The van der Waals surface area contributed by atoms with Crippen molar-refractivity contribution in [3.8, 4) is 0 Å². The van der Waals surface area contributed by atoms with E-state index < -0.39 is 26.1 Å². The first-order chi connectivity index (χ1) is 17.1. The average molecular weight is 601 g/mol. The van der Waals surface area contributed by atoms with Gasteiger partial charge in [-0.1, -0.05) is 126 Å². The van der Waals surface area contributed by atoms with Crippen molar-refractivity contribution in [1.29, 1.82) is 0 Å². The normalized spacial score (nSPS) is 12.7. The second-order valence-corrected chi connectivity index (χ2v) is 12.8. The number of rotatable bonds is 25. The Morgan fingerprint density at radius 1 is 0.474 bits per heavy atom. The van der Waals surface area contributed by atoms with Gasteiger partial charge < -0.3 is 34.6 Å². The first-order valence-electron chi connectivity index (χ1n) is 13.6. The van der Waals surface area contributed by atoms with Crippen molar-refractivity contribution >= 4 is 26.1 Å². The van der Waals surface area contributed by atoms with Gasteiger partial charge in [-0.05, 0) is 26.9 Å². The molecule has 0 aliphatic rings. The van der Waals surface area contributed by atoms with Crippen molar-refractivity contribution in [2.75, 3.05) is 0 Å². The Bertz CT molecular complexity index is 645. The van der Waals surface area contributed by atoms with Gasteiger partial charge in [-0.2, -0.15) is 0 Å². The Labute approximate surface area is 273 Å². The summed E-state index contributed by atoms with van der Waals surface area (Å²) in [6.07, 6.45) is 22.4. The molecular formula is C24H48N2Na2O8P2. The number of nitrogens with zero attached hydrogens (tertiary/aromatic N) is 2. The van der Waals surface area contributed by atoms with Crippen LogP contribution in [-0.2, 0) is 9.13 Å². The van der Waals surface area contributed by atoms with Gasteiger partial charge in [0.25, 0.3) is 0 Å². The molecule has 0 aliphatic heterocycles. The maximum atomic E-state index is 11.0. The van der Waals surface area contributed by atoms with Crippen molar-refractivity contribution in [2.24, 2.45) is 10.3 Å². The van der Waals surface area contributed by atoms with Gasteiger partial charge in [0.05, 0.1) is 5.45 Å². The molecule has 4 N–H and O–H groups in total. The van der Waals surface area contributed by atoms with Crippen LogP contribution in [0.25, 0.3) is 0 Å². The van der Waals surface area contributed by atoms with Gasteiger partial charge >= 0.3 is 66.7 Å². The minimum atomic E-state index is -4.90. The molecule has 0 atom stereocenters.